The Morgan fingerprint density at radius 2 is 2.11 bits per heavy atom. The third kappa shape index (κ3) is 3.19. The standard InChI is InChI=1S/C15H15FN2S/c1-10-6-14(19-11(10)2)9-18-8-13-5-3-4-12(7-17)15(13)16/h3-6,18H,8-9H2,1-2H3. The van der Waals surface area contributed by atoms with Crippen LogP contribution in [0.15, 0.2) is 24.3 Å². The van der Waals surface area contributed by atoms with Crippen molar-refractivity contribution in [2.45, 2.75) is 26.9 Å². The number of rotatable bonds is 4. The van der Waals surface area contributed by atoms with Crippen molar-refractivity contribution in [3.05, 3.63) is 56.5 Å². The van der Waals surface area contributed by atoms with Crippen LogP contribution in [0, 0.1) is 31.0 Å². The van der Waals surface area contributed by atoms with Gasteiger partial charge in [0.2, 0.25) is 0 Å². The average molecular weight is 274 g/mol. The van der Waals surface area contributed by atoms with Gasteiger partial charge in [-0.05, 0) is 31.5 Å². The second-order valence-corrected chi connectivity index (χ2v) is 5.79. The number of nitrogens with one attached hydrogen (secondary N) is 1. The molecule has 19 heavy (non-hydrogen) atoms. The van der Waals surface area contributed by atoms with Gasteiger partial charge in [-0.3, -0.25) is 0 Å². The molecule has 0 spiro atoms. The summed E-state index contributed by atoms with van der Waals surface area (Å²) < 4.78 is 13.8. The van der Waals surface area contributed by atoms with Crippen LogP contribution < -0.4 is 5.32 Å². The minimum atomic E-state index is -0.420. The van der Waals surface area contributed by atoms with Gasteiger partial charge in [-0.25, -0.2) is 4.39 Å². The molecule has 2 rings (SSSR count). The fourth-order valence-electron chi connectivity index (χ4n) is 1.86. The lowest BCUT2D eigenvalue weighted by atomic mass is 10.1. The van der Waals surface area contributed by atoms with E-state index >= 15 is 0 Å². The van der Waals surface area contributed by atoms with Crippen LogP contribution in [0.4, 0.5) is 4.39 Å². The number of thiophene rings is 1. The fourth-order valence-corrected chi connectivity index (χ4v) is 2.88. The molecule has 0 saturated heterocycles. The molecule has 0 amide bonds. The zero-order valence-electron chi connectivity index (χ0n) is 11.0. The molecule has 2 aromatic rings. The van der Waals surface area contributed by atoms with Gasteiger partial charge in [-0.2, -0.15) is 5.26 Å². The molecule has 1 aromatic heterocycles. The molecule has 4 heteroatoms. The molecule has 0 atom stereocenters. The predicted molar refractivity (Wildman–Crippen MR) is 75.5 cm³/mol. The van der Waals surface area contributed by atoms with Crippen LogP contribution in [0.5, 0.6) is 0 Å². The molecular weight excluding hydrogens is 259 g/mol. The Labute approximate surface area is 116 Å². The molecule has 0 aliphatic carbocycles. The highest BCUT2D eigenvalue weighted by Crippen LogP contribution is 2.20. The number of aryl methyl sites for hydroxylation is 2. The van der Waals surface area contributed by atoms with Crippen LogP contribution in [0.1, 0.15) is 26.4 Å². The number of nitrogens with zero attached hydrogens (tertiary/aromatic N) is 1. The van der Waals surface area contributed by atoms with Gasteiger partial charge in [0.05, 0.1) is 5.56 Å². The van der Waals surface area contributed by atoms with Gasteiger partial charge in [-0.1, -0.05) is 12.1 Å². The summed E-state index contributed by atoms with van der Waals surface area (Å²) in [6, 6.07) is 8.90. The van der Waals surface area contributed by atoms with Crippen molar-refractivity contribution >= 4 is 11.3 Å². The van der Waals surface area contributed by atoms with Crippen molar-refractivity contribution in [3.63, 3.8) is 0 Å². The molecule has 0 saturated carbocycles. The summed E-state index contributed by atoms with van der Waals surface area (Å²) in [5.41, 5.74) is 1.92. The lowest BCUT2D eigenvalue weighted by molar-refractivity contribution is 0.586. The smallest absolute Gasteiger partial charge is 0.145 e. The van der Waals surface area contributed by atoms with E-state index in [4.69, 9.17) is 5.26 Å². The molecule has 0 bridgehead atoms. The summed E-state index contributed by atoms with van der Waals surface area (Å²) in [5.74, 6) is -0.420. The molecule has 0 aliphatic rings. The van der Waals surface area contributed by atoms with E-state index in [9.17, 15) is 4.39 Å². The van der Waals surface area contributed by atoms with Crippen molar-refractivity contribution in [1.82, 2.24) is 5.32 Å². The highest BCUT2D eigenvalue weighted by molar-refractivity contribution is 7.12. The summed E-state index contributed by atoms with van der Waals surface area (Å²) in [6.45, 7) is 5.33. The minimum Gasteiger partial charge on any atom is -0.308 e. The Bertz CT molecular complexity index is 606. The third-order valence-electron chi connectivity index (χ3n) is 3.03. The Hall–Kier alpha value is -1.70. The quantitative estimate of drug-likeness (QED) is 0.923. The van der Waals surface area contributed by atoms with Crippen molar-refractivity contribution in [2.24, 2.45) is 0 Å². The largest absolute Gasteiger partial charge is 0.308 e. The summed E-state index contributed by atoms with van der Waals surface area (Å²) in [6.07, 6.45) is 0. The second-order valence-electron chi connectivity index (χ2n) is 4.45. The third-order valence-corrected chi connectivity index (χ3v) is 4.18. The zero-order chi connectivity index (χ0) is 13.8. The maximum Gasteiger partial charge on any atom is 0.145 e. The second kappa shape index (κ2) is 5.96. The van der Waals surface area contributed by atoms with E-state index < -0.39 is 5.82 Å². The monoisotopic (exact) mass is 274 g/mol. The number of halogens is 1. The maximum absolute atomic E-state index is 13.8. The normalized spacial score (nSPS) is 10.4. The lowest BCUT2D eigenvalue weighted by Crippen LogP contribution is -2.13. The SMILES string of the molecule is Cc1cc(CNCc2cccc(C#N)c2F)sc1C. The van der Waals surface area contributed by atoms with Crippen molar-refractivity contribution in [1.29, 1.82) is 5.26 Å². The van der Waals surface area contributed by atoms with Gasteiger partial charge in [0.15, 0.2) is 0 Å². The Balaban J connectivity index is 1.98. The van der Waals surface area contributed by atoms with Gasteiger partial charge >= 0.3 is 0 Å². The van der Waals surface area contributed by atoms with Crippen LogP contribution in [0.3, 0.4) is 0 Å². The predicted octanol–water partition coefficient (Wildman–Crippen LogP) is 3.67. The minimum absolute atomic E-state index is 0.0992. The summed E-state index contributed by atoms with van der Waals surface area (Å²) >= 11 is 1.75. The lowest BCUT2D eigenvalue weighted by Gasteiger charge is -2.05. The number of benzene rings is 1. The van der Waals surface area contributed by atoms with Gasteiger partial charge in [0.25, 0.3) is 0 Å². The first-order valence-electron chi connectivity index (χ1n) is 6.06. The van der Waals surface area contributed by atoms with Crippen LogP contribution >= 0.6 is 11.3 Å². The number of hydrogen-bond donors (Lipinski definition) is 1. The molecule has 1 heterocycles. The first-order valence-corrected chi connectivity index (χ1v) is 6.87. The Morgan fingerprint density at radius 3 is 2.74 bits per heavy atom. The zero-order valence-corrected chi connectivity index (χ0v) is 11.8. The van der Waals surface area contributed by atoms with Crippen molar-refractivity contribution in [2.75, 3.05) is 0 Å². The van der Waals surface area contributed by atoms with E-state index in [1.54, 1.807) is 23.5 Å². The topological polar surface area (TPSA) is 35.8 Å². The average Bonchev–Trinajstić information content (AvgIpc) is 2.71. The molecule has 0 fully saturated rings. The van der Waals surface area contributed by atoms with E-state index in [-0.39, 0.29) is 5.56 Å². The molecule has 1 aromatic carbocycles. The van der Waals surface area contributed by atoms with E-state index in [0.29, 0.717) is 12.1 Å². The number of hydrogen-bond acceptors (Lipinski definition) is 3. The first-order chi connectivity index (χ1) is 9.11. The molecule has 98 valence electrons. The van der Waals surface area contributed by atoms with Gasteiger partial charge < -0.3 is 5.32 Å². The van der Waals surface area contributed by atoms with Crippen molar-refractivity contribution < 1.29 is 4.39 Å². The van der Waals surface area contributed by atoms with Gasteiger partial charge in [0.1, 0.15) is 11.9 Å². The fraction of sp³-hybridized carbons (Fsp3) is 0.267. The molecule has 0 aliphatic heterocycles. The molecule has 1 N–H and O–H groups in total. The van der Waals surface area contributed by atoms with Crippen LogP contribution in [-0.4, -0.2) is 0 Å². The molecular formula is C15H15FN2S. The number of nitriles is 1. The highest BCUT2D eigenvalue weighted by atomic mass is 32.1. The van der Waals surface area contributed by atoms with E-state index in [1.165, 1.54) is 21.4 Å². The van der Waals surface area contributed by atoms with Gasteiger partial charge in [0, 0.05) is 28.4 Å². The van der Waals surface area contributed by atoms with E-state index in [0.717, 1.165) is 6.54 Å². The molecule has 2 nitrogen and oxygen atoms in total. The van der Waals surface area contributed by atoms with Crippen LogP contribution in [0.25, 0.3) is 0 Å². The van der Waals surface area contributed by atoms with Crippen molar-refractivity contribution in [3.8, 4) is 6.07 Å². The maximum atomic E-state index is 13.8. The summed E-state index contributed by atoms with van der Waals surface area (Å²) in [7, 11) is 0. The molecule has 0 unspecified atom stereocenters. The summed E-state index contributed by atoms with van der Waals surface area (Å²) in [5, 5.41) is 12.0. The van der Waals surface area contributed by atoms with E-state index in [1.807, 2.05) is 6.07 Å². The molecule has 0 radical (unpaired) electrons. The highest BCUT2D eigenvalue weighted by Gasteiger charge is 2.07. The van der Waals surface area contributed by atoms with E-state index in [2.05, 4.69) is 25.2 Å². The Morgan fingerprint density at radius 1 is 1.32 bits per heavy atom. The van der Waals surface area contributed by atoms with Crippen LogP contribution in [0.2, 0.25) is 0 Å². The Kier molecular flexibility index (Phi) is 4.31. The van der Waals surface area contributed by atoms with Crippen LogP contribution in [-0.2, 0) is 13.1 Å². The summed E-state index contributed by atoms with van der Waals surface area (Å²) in [4.78, 5) is 2.56. The van der Waals surface area contributed by atoms with Gasteiger partial charge in [-0.15, -0.1) is 11.3 Å². The first kappa shape index (κ1) is 13.7.